The van der Waals surface area contributed by atoms with Crippen LogP contribution in [0.25, 0.3) is 0 Å². The van der Waals surface area contributed by atoms with Crippen LogP contribution in [-0.2, 0) is 6.42 Å². The first-order valence-corrected chi connectivity index (χ1v) is 7.73. The largest absolute Gasteiger partial charge is 0.336 e. The highest BCUT2D eigenvalue weighted by Gasteiger charge is 2.14. The molecule has 0 amide bonds. The lowest BCUT2D eigenvalue weighted by atomic mass is 10.0. The molecule has 0 saturated heterocycles. The molecule has 0 spiro atoms. The summed E-state index contributed by atoms with van der Waals surface area (Å²) in [6.45, 7) is 8.79. The summed E-state index contributed by atoms with van der Waals surface area (Å²) in [5.41, 5.74) is 3.78. The third-order valence-electron chi connectivity index (χ3n) is 2.91. The maximum Gasteiger partial charge on any atom is 0.166 e. The lowest BCUT2D eigenvalue weighted by Gasteiger charge is -2.05. The Hall–Kier alpha value is -1.22. The average Bonchev–Trinajstić information content (AvgIpc) is 2.72. The van der Waals surface area contributed by atoms with E-state index in [9.17, 15) is 0 Å². The molecule has 0 aliphatic rings. The lowest BCUT2D eigenvalue weighted by Crippen LogP contribution is -1.96. The molecule has 3 heteroatoms. The van der Waals surface area contributed by atoms with Gasteiger partial charge in [0.1, 0.15) is 0 Å². The van der Waals surface area contributed by atoms with E-state index in [0.29, 0.717) is 11.2 Å². The summed E-state index contributed by atoms with van der Waals surface area (Å²) in [5, 5.41) is 1.60. The molecule has 0 aliphatic heterocycles. The molecule has 102 valence electrons. The highest BCUT2D eigenvalue weighted by molar-refractivity contribution is 7.99. The van der Waals surface area contributed by atoms with Gasteiger partial charge >= 0.3 is 0 Å². The van der Waals surface area contributed by atoms with Gasteiger partial charge in [0.15, 0.2) is 5.16 Å². The van der Waals surface area contributed by atoms with Crippen LogP contribution in [0.1, 0.15) is 50.6 Å². The van der Waals surface area contributed by atoms with Crippen molar-refractivity contribution in [1.82, 2.24) is 9.97 Å². The van der Waals surface area contributed by atoms with E-state index in [0.717, 1.165) is 11.6 Å². The maximum atomic E-state index is 4.75. The number of aromatic nitrogens is 2. The summed E-state index contributed by atoms with van der Waals surface area (Å²) in [4.78, 5) is 8.25. The van der Waals surface area contributed by atoms with Gasteiger partial charge in [0.2, 0.25) is 0 Å². The Morgan fingerprint density at radius 1 is 1.11 bits per heavy atom. The number of hydrogen-bond donors (Lipinski definition) is 1. The number of H-pyrrole nitrogens is 1. The van der Waals surface area contributed by atoms with Crippen molar-refractivity contribution < 1.29 is 0 Å². The molecule has 19 heavy (non-hydrogen) atoms. The van der Waals surface area contributed by atoms with E-state index in [-0.39, 0.29) is 0 Å². The molecule has 1 aromatic heterocycles. The Balaban J connectivity index is 2.25. The Kier molecular flexibility index (Phi) is 4.70. The Morgan fingerprint density at radius 3 is 2.37 bits per heavy atom. The molecule has 0 radical (unpaired) electrons. The molecule has 0 bridgehead atoms. The SMILES string of the molecule is CC(C)Sc1nc(C(C)C)c(Cc2ccccc2)[nH]1. The summed E-state index contributed by atoms with van der Waals surface area (Å²) < 4.78 is 0. The predicted molar refractivity (Wildman–Crippen MR) is 82.9 cm³/mol. The van der Waals surface area contributed by atoms with Crippen molar-refractivity contribution in [2.75, 3.05) is 0 Å². The topological polar surface area (TPSA) is 28.7 Å². The molecule has 1 N–H and O–H groups in total. The minimum Gasteiger partial charge on any atom is -0.336 e. The van der Waals surface area contributed by atoms with E-state index >= 15 is 0 Å². The van der Waals surface area contributed by atoms with Gasteiger partial charge in [0.05, 0.1) is 5.69 Å². The number of hydrogen-bond acceptors (Lipinski definition) is 2. The van der Waals surface area contributed by atoms with Gasteiger partial charge in [-0.05, 0) is 11.5 Å². The van der Waals surface area contributed by atoms with Crippen molar-refractivity contribution in [3.63, 3.8) is 0 Å². The van der Waals surface area contributed by atoms with Gasteiger partial charge in [-0.25, -0.2) is 4.98 Å². The fourth-order valence-electron chi connectivity index (χ4n) is 2.09. The van der Waals surface area contributed by atoms with E-state index < -0.39 is 0 Å². The molecule has 0 atom stereocenters. The van der Waals surface area contributed by atoms with Crippen LogP contribution in [0, 0.1) is 0 Å². The molecule has 0 saturated carbocycles. The van der Waals surface area contributed by atoms with Crippen molar-refractivity contribution in [3.05, 3.63) is 47.3 Å². The van der Waals surface area contributed by atoms with Crippen LogP contribution in [0.3, 0.4) is 0 Å². The van der Waals surface area contributed by atoms with Gasteiger partial charge in [-0.3, -0.25) is 0 Å². The van der Waals surface area contributed by atoms with E-state index in [1.807, 2.05) is 0 Å². The maximum absolute atomic E-state index is 4.75. The predicted octanol–water partition coefficient (Wildman–Crippen LogP) is 4.62. The number of thioether (sulfide) groups is 1. The van der Waals surface area contributed by atoms with Crippen LogP contribution in [0.5, 0.6) is 0 Å². The quantitative estimate of drug-likeness (QED) is 0.806. The Labute approximate surface area is 120 Å². The monoisotopic (exact) mass is 274 g/mol. The molecular weight excluding hydrogens is 252 g/mol. The van der Waals surface area contributed by atoms with Crippen molar-refractivity contribution in [1.29, 1.82) is 0 Å². The first-order valence-electron chi connectivity index (χ1n) is 6.85. The summed E-state index contributed by atoms with van der Waals surface area (Å²) in [6, 6.07) is 10.6. The first-order chi connectivity index (χ1) is 9.06. The molecule has 2 nitrogen and oxygen atoms in total. The molecule has 1 heterocycles. The normalized spacial score (nSPS) is 11.5. The minimum absolute atomic E-state index is 0.455. The summed E-state index contributed by atoms with van der Waals surface area (Å²) >= 11 is 1.79. The summed E-state index contributed by atoms with van der Waals surface area (Å²) in [5.74, 6) is 0.455. The van der Waals surface area contributed by atoms with Gasteiger partial charge in [0.25, 0.3) is 0 Å². The van der Waals surface area contributed by atoms with Crippen LogP contribution >= 0.6 is 11.8 Å². The summed E-state index contributed by atoms with van der Waals surface area (Å²) in [6.07, 6.45) is 0.931. The zero-order chi connectivity index (χ0) is 13.8. The smallest absolute Gasteiger partial charge is 0.166 e. The Morgan fingerprint density at radius 2 is 1.79 bits per heavy atom. The van der Waals surface area contributed by atoms with Crippen molar-refractivity contribution in [2.45, 2.75) is 50.4 Å². The molecule has 2 aromatic rings. The third-order valence-corrected chi connectivity index (χ3v) is 3.79. The molecule has 0 fully saturated rings. The number of imidazole rings is 1. The van der Waals surface area contributed by atoms with E-state index in [1.165, 1.54) is 17.0 Å². The van der Waals surface area contributed by atoms with Crippen LogP contribution < -0.4 is 0 Å². The van der Waals surface area contributed by atoms with E-state index in [2.05, 4.69) is 63.0 Å². The van der Waals surface area contributed by atoms with Crippen molar-refractivity contribution in [3.8, 4) is 0 Å². The number of benzene rings is 1. The van der Waals surface area contributed by atoms with Crippen LogP contribution in [0.15, 0.2) is 35.5 Å². The van der Waals surface area contributed by atoms with E-state index in [4.69, 9.17) is 4.98 Å². The zero-order valence-corrected chi connectivity index (χ0v) is 12.9. The fourth-order valence-corrected chi connectivity index (χ4v) is 2.87. The highest BCUT2D eigenvalue weighted by atomic mass is 32.2. The van der Waals surface area contributed by atoms with Crippen LogP contribution in [0.2, 0.25) is 0 Å². The average molecular weight is 274 g/mol. The van der Waals surface area contributed by atoms with Gasteiger partial charge in [-0.2, -0.15) is 0 Å². The standard InChI is InChI=1S/C16H22N2S/c1-11(2)15-14(10-13-8-6-5-7-9-13)17-16(18-15)19-12(3)4/h5-9,11-12H,10H2,1-4H3,(H,17,18). The zero-order valence-electron chi connectivity index (χ0n) is 12.1. The highest BCUT2D eigenvalue weighted by Crippen LogP contribution is 2.26. The second kappa shape index (κ2) is 6.29. The second-order valence-electron chi connectivity index (χ2n) is 5.39. The van der Waals surface area contributed by atoms with Crippen LogP contribution in [0.4, 0.5) is 0 Å². The van der Waals surface area contributed by atoms with E-state index in [1.54, 1.807) is 11.8 Å². The number of nitrogens with one attached hydrogen (secondary N) is 1. The molecule has 0 aliphatic carbocycles. The minimum atomic E-state index is 0.455. The summed E-state index contributed by atoms with van der Waals surface area (Å²) in [7, 11) is 0. The first kappa shape index (κ1) is 14.2. The van der Waals surface area contributed by atoms with Crippen molar-refractivity contribution >= 4 is 11.8 Å². The Bertz CT molecular complexity index is 515. The molecule has 2 rings (SSSR count). The number of rotatable bonds is 5. The molecule has 0 unspecified atom stereocenters. The van der Waals surface area contributed by atoms with Gasteiger partial charge in [0, 0.05) is 17.4 Å². The fraction of sp³-hybridized carbons (Fsp3) is 0.438. The lowest BCUT2D eigenvalue weighted by molar-refractivity contribution is 0.808. The van der Waals surface area contributed by atoms with Crippen molar-refractivity contribution in [2.24, 2.45) is 0 Å². The van der Waals surface area contributed by atoms with Gasteiger partial charge in [-0.15, -0.1) is 0 Å². The van der Waals surface area contributed by atoms with Crippen LogP contribution in [-0.4, -0.2) is 15.2 Å². The van der Waals surface area contributed by atoms with Gasteiger partial charge < -0.3 is 4.98 Å². The number of nitrogens with zero attached hydrogens (tertiary/aromatic N) is 1. The van der Waals surface area contributed by atoms with Gasteiger partial charge in [-0.1, -0.05) is 69.8 Å². The third kappa shape index (κ3) is 3.87. The molecular formula is C16H22N2S. The second-order valence-corrected chi connectivity index (χ2v) is 6.95. The molecule has 1 aromatic carbocycles. The number of aromatic amines is 1.